The van der Waals surface area contributed by atoms with Crippen LogP contribution in [0.15, 0.2) is 10.2 Å². The summed E-state index contributed by atoms with van der Waals surface area (Å²) in [5, 5.41) is 3.86. The minimum Gasteiger partial charge on any atom is -0.462 e. The Kier molecular flexibility index (Phi) is 3.41. The Morgan fingerprint density at radius 1 is 1.64 bits per heavy atom. The number of nitrogens with one attached hydrogen (secondary N) is 2. The molecule has 14 heavy (non-hydrogen) atoms. The molecule has 0 unspecified atom stereocenters. The molecule has 0 aromatic carbocycles. The third-order valence-electron chi connectivity index (χ3n) is 1.38. The summed E-state index contributed by atoms with van der Waals surface area (Å²) >= 11 is 0.992. The number of aromatic nitrogens is 1. The molecule has 1 aromatic heterocycles. The number of hydrogen-bond acceptors (Lipinski definition) is 5. The molecule has 0 spiro atoms. The first-order chi connectivity index (χ1) is 6.63. The second-order valence-corrected chi connectivity index (χ2v) is 3.19. The molecular weight excluding hydrogens is 208 g/mol. The summed E-state index contributed by atoms with van der Waals surface area (Å²) in [6, 6.07) is 0. The molecule has 0 aliphatic rings. The van der Waals surface area contributed by atoms with Crippen molar-refractivity contribution in [3.8, 4) is 0 Å². The van der Waals surface area contributed by atoms with Crippen molar-refractivity contribution in [3.63, 3.8) is 0 Å². The minimum absolute atomic E-state index is 0.104. The Bertz CT molecular complexity index is 394. The first-order valence-electron chi connectivity index (χ1n) is 3.66. The number of methoxy groups -OCH3 is 1. The molecule has 6 nitrogen and oxygen atoms in total. The number of ether oxygens (including phenoxy) is 1. The van der Waals surface area contributed by atoms with E-state index < -0.39 is 11.9 Å². The molecule has 0 saturated carbocycles. The smallest absolute Gasteiger partial charge is 0.396 e. The largest absolute Gasteiger partial charge is 0.462 e. The second-order valence-electron chi connectivity index (χ2n) is 2.35. The maximum Gasteiger partial charge on any atom is 0.396 e. The van der Waals surface area contributed by atoms with Crippen molar-refractivity contribution in [1.82, 2.24) is 10.3 Å². The molecule has 0 radical (unpaired) electrons. The van der Waals surface area contributed by atoms with Crippen LogP contribution in [0, 0.1) is 0 Å². The molecule has 1 aromatic rings. The average molecular weight is 216 g/mol. The lowest BCUT2D eigenvalue weighted by Crippen LogP contribution is -2.31. The van der Waals surface area contributed by atoms with Gasteiger partial charge in [0.2, 0.25) is 0 Å². The summed E-state index contributed by atoms with van der Waals surface area (Å²) in [7, 11) is 1.12. The lowest BCUT2D eigenvalue weighted by molar-refractivity contribution is -0.152. The van der Waals surface area contributed by atoms with Crippen molar-refractivity contribution >= 4 is 23.2 Å². The van der Waals surface area contributed by atoms with Crippen LogP contribution in [-0.4, -0.2) is 24.0 Å². The molecule has 76 valence electrons. The zero-order chi connectivity index (χ0) is 10.6. The molecule has 0 aliphatic carbocycles. The van der Waals surface area contributed by atoms with E-state index >= 15 is 0 Å². The Morgan fingerprint density at radius 3 is 2.86 bits per heavy atom. The van der Waals surface area contributed by atoms with Crippen LogP contribution in [0.2, 0.25) is 0 Å². The van der Waals surface area contributed by atoms with Gasteiger partial charge in [-0.15, -0.1) is 0 Å². The molecule has 0 bridgehead atoms. The number of rotatable bonds is 2. The van der Waals surface area contributed by atoms with E-state index in [2.05, 4.69) is 15.0 Å². The Labute approximate surface area is 82.9 Å². The van der Waals surface area contributed by atoms with Gasteiger partial charge in [0.05, 0.1) is 13.7 Å². The highest BCUT2D eigenvalue weighted by atomic mass is 32.1. The molecule has 0 atom stereocenters. The minimum atomic E-state index is -0.956. The Balaban J connectivity index is 2.45. The van der Waals surface area contributed by atoms with Crippen LogP contribution in [0.4, 0.5) is 0 Å². The van der Waals surface area contributed by atoms with E-state index in [1.807, 2.05) is 0 Å². The van der Waals surface area contributed by atoms with Gasteiger partial charge in [-0.05, 0) is 0 Å². The second kappa shape index (κ2) is 4.56. The van der Waals surface area contributed by atoms with Gasteiger partial charge in [-0.3, -0.25) is 9.59 Å². The number of esters is 1. The van der Waals surface area contributed by atoms with Crippen molar-refractivity contribution in [1.29, 1.82) is 0 Å². The van der Waals surface area contributed by atoms with Crippen LogP contribution < -0.4 is 10.2 Å². The van der Waals surface area contributed by atoms with E-state index in [-0.39, 0.29) is 11.4 Å². The molecule has 1 rings (SSSR count). The Morgan fingerprint density at radius 2 is 2.36 bits per heavy atom. The number of carbonyl (C=O) groups excluding carboxylic acids is 2. The molecule has 0 fully saturated rings. The molecule has 2 N–H and O–H groups in total. The van der Waals surface area contributed by atoms with E-state index in [9.17, 15) is 14.4 Å². The maximum atomic E-state index is 10.9. The van der Waals surface area contributed by atoms with E-state index in [4.69, 9.17) is 0 Å². The van der Waals surface area contributed by atoms with Gasteiger partial charge in [0.1, 0.15) is 0 Å². The van der Waals surface area contributed by atoms with E-state index in [0.29, 0.717) is 5.69 Å². The normalized spacial score (nSPS) is 9.50. The van der Waals surface area contributed by atoms with Crippen molar-refractivity contribution < 1.29 is 14.3 Å². The van der Waals surface area contributed by atoms with Crippen LogP contribution in [0.25, 0.3) is 0 Å². The van der Waals surface area contributed by atoms with Crippen LogP contribution in [0.5, 0.6) is 0 Å². The van der Waals surface area contributed by atoms with E-state index in [1.54, 1.807) is 5.38 Å². The Hall–Kier alpha value is -1.63. The summed E-state index contributed by atoms with van der Waals surface area (Å²) in [4.78, 5) is 34.5. The lowest BCUT2D eigenvalue weighted by Gasteiger charge is -2.00. The van der Waals surface area contributed by atoms with E-state index in [1.165, 1.54) is 0 Å². The molecular formula is C7H8N2O4S. The summed E-state index contributed by atoms with van der Waals surface area (Å²) < 4.78 is 4.19. The van der Waals surface area contributed by atoms with Gasteiger partial charge in [0.25, 0.3) is 0 Å². The van der Waals surface area contributed by atoms with Gasteiger partial charge < -0.3 is 15.0 Å². The fourth-order valence-corrected chi connectivity index (χ4v) is 1.32. The van der Waals surface area contributed by atoms with Gasteiger partial charge in [-0.25, -0.2) is 4.79 Å². The number of carbonyl (C=O) groups is 2. The summed E-state index contributed by atoms with van der Waals surface area (Å²) in [6.07, 6.45) is 0. The first-order valence-corrected chi connectivity index (χ1v) is 4.54. The van der Waals surface area contributed by atoms with E-state index in [0.717, 1.165) is 18.4 Å². The standard InChI is InChI=1S/C7H8N2O4S/c1-13-6(11)5(10)8-2-4-3-14-7(12)9-4/h3H,2H2,1H3,(H,8,10)(H,9,12). The molecule has 0 saturated heterocycles. The first kappa shape index (κ1) is 10.5. The summed E-state index contributed by atoms with van der Waals surface area (Å²) in [6.45, 7) is 0.104. The maximum absolute atomic E-state index is 10.9. The number of amides is 1. The highest BCUT2D eigenvalue weighted by Crippen LogP contribution is 1.94. The van der Waals surface area contributed by atoms with Crippen LogP contribution in [-0.2, 0) is 20.9 Å². The molecule has 1 amide bonds. The zero-order valence-corrected chi connectivity index (χ0v) is 8.14. The number of hydrogen-bond donors (Lipinski definition) is 2. The fraction of sp³-hybridized carbons (Fsp3) is 0.286. The average Bonchev–Trinajstić information content (AvgIpc) is 2.59. The van der Waals surface area contributed by atoms with Crippen LogP contribution in [0.3, 0.4) is 0 Å². The van der Waals surface area contributed by atoms with Gasteiger partial charge in [0, 0.05) is 11.1 Å². The van der Waals surface area contributed by atoms with Gasteiger partial charge >= 0.3 is 16.7 Å². The van der Waals surface area contributed by atoms with Gasteiger partial charge in [0.15, 0.2) is 0 Å². The highest BCUT2D eigenvalue weighted by molar-refractivity contribution is 7.07. The molecule has 1 heterocycles. The SMILES string of the molecule is COC(=O)C(=O)NCc1csc(=O)[nH]1. The van der Waals surface area contributed by atoms with Crippen molar-refractivity contribution in [3.05, 3.63) is 20.7 Å². The third kappa shape index (κ3) is 2.70. The van der Waals surface area contributed by atoms with Crippen molar-refractivity contribution in [2.75, 3.05) is 7.11 Å². The van der Waals surface area contributed by atoms with Gasteiger partial charge in [-0.1, -0.05) is 11.3 Å². The predicted molar refractivity (Wildman–Crippen MR) is 48.8 cm³/mol. The van der Waals surface area contributed by atoms with Gasteiger partial charge in [-0.2, -0.15) is 0 Å². The molecule has 0 aliphatic heterocycles. The summed E-state index contributed by atoms with van der Waals surface area (Å²) in [5.41, 5.74) is 0.553. The topological polar surface area (TPSA) is 88.3 Å². The number of H-pyrrole nitrogens is 1. The highest BCUT2D eigenvalue weighted by Gasteiger charge is 2.12. The zero-order valence-electron chi connectivity index (χ0n) is 7.33. The lowest BCUT2D eigenvalue weighted by atomic mass is 10.4. The number of aromatic amines is 1. The third-order valence-corrected chi connectivity index (χ3v) is 2.10. The quantitative estimate of drug-likeness (QED) is 0.501. The number of thiazole rings is 1. The monoisotopic (exact) mass is 216 g/mol. The van der Waals surface area contributed by atoms with Crippen molar-refractivity contribution in [2.24, 2.45) is 0 Å². The van der Waals surface area contributed by atoms with Crippen LogP contribution >= 0.6 is 11.3 Å². The summed E-state index contributed by atoms with van der Waals surface area (Å²) in [5.74, 6) is -1.79. The van der Waals surface area contributed by atoms with Crippen LogP contribution in [0.1, 0.15) is 5.69 Å². The predicted octanol–water partition coefficient (Wildman–Crippen LogP) is -0.774. The fourth-order valence-electron chi connectivity index (χ4n) is 0.741. The molecule has 7 heteroatoms. The van der Waals surface area contributed by atoms with Crippen molar-refractivity contribution in [2.45, 2.75) is 6.54 Å².